The third kappa shape index (κ3) is 2.30. The minimum atomic E-state index is -0.833. The minimum absolute atomic E-state index is 0.00502. The fourth-order valence-corrected chi connectivity index (χ4v) is 2.49. The van der Waals surface area contributed by atoms with Crippen LogP contribution in [0.2, 0.25) is 0 Å². The Morgan fingerprint density at radius 3 is 2.37 bits per heavy atom. The van der Waals surface area contributed by atoms with E-state index in [1.165, 1.54) is 0 Å². The highest BCUT2D eigenvalue weighted by Gasteiger charge is 2.49. The first-order chi connectivity index (χ1) is 8.81. The van der Waals surface area contributed by atoms with E-state index in [1.54, 1.807) is 4.90 Å². The van der Waals surface area contributed by atoms with Crippen molar-refractivity contribution < 1.29 is 14.4 Å². The SMILES string of the molecule is CC(C)(CN)C(=O)N1CCC2(CC1)NC(=O)NC2=O. The van der Waals surface area contributed by atoms with Crippen molar-refractivity contribution in [3.63, 3.8) is 0 Å². The lowest BCUT2D eigenvalue weighted by Crippen LogP contribution is -2.57. The van der Waals surface area contributed by atoms with Gasteiger partial charge in [-0.2, -0.15) is 0 Å². The number of hydrogen-bond donors (Lipinski definition) is 3. The average molecular weight is 268 g/mol. The molecule has 4 amide bonds. The minimum Gasteiger partial charge on any atom is -0.342 e. The van der Waals surface area contributed by atoms with E-state index in [-0.39, 0.29) is 18.4 Å². The highest BCUT2D eigenvalue weighted by molar-refractivity contribution is 6.07. The van der Waals surface area contributed by atoms with Crippen molar-refractivity contribution in [3.8, 4) is 0 Å². The monoisotopic (exact) mass is 268 g/mol. The molecule has 0 saturated carbocycles. The number of urea groups is 1. The Balaban J connectivity index is 2.02. The lowest BCUT2D eigenvalue weighted by molar-refractivity contribution is -0.143. The molecule has 19 heavy (non-hydrogen) atoms. The molecule has 106 valence electrons. The molecular formula is C12H20N4O3. The summed E-state index contributed by atoms with van der Waals surface area (Å²) in [7, 11) is 0. The van der Waals surface area contributed by atoms with Crippen LogP contribution < -0.4 is 16.4 Å². The highest BCUT2D eigenvalue weighted by atomic mass is 16.2. The number of carbonyl (C=O) groups excluding carboxylic acids is 3. The largest absolute Gasteiger partial charge is 0.342 e. The van der Waals surface area contributed by atoms with Crippen LogP contribution in [0, 0.1) is 5.41 Å². The molecule has 7 nitrogen and oxygen atoms in total. The predicted molar refractivity (Wildman–Crippen MR) is 68.1 cm³/mol. The van der Waals surface area contributed by atoms with Gasteiger partial charge >= 0.3 is 6.03 Å². The van der Waals surface area contributed by atoms with Gasteiger partial charge in [0.15, 0.2) is 0 Å². The number of rotatable bonds is 2. The summed E-state index contributed by atoms with van der Waals surface area (Å²) in [5.41, 5.74) is 4.18. The Kier molecular flexibility index (Phi) is 3.25. The van der Waals surface area contributed by atoms with E-state index < -0.39 is 17.0 Å². The van der Waals surface area contributed by atoms with Crippen molar-refractivity contribution in [1.82, 2.24) is 15.5 Å². The van der Waals surface area contributed by atoms with Gasteiger partial charge in [-0.3, -0.25) is 14.9 Å². The molecule has 2 aliphatic heterocycles. The number of nitrogens with two attached hydrogens (primary N) is 1. The van der Waals surface area contributed by atoms with E-state index >= 15 is 0 Å². The van der Waals surface area contributed by atoms with Crippen molar-refractivity contribution in [2.45, 2.75) is 32.2 Å². The molecule has 2 fully saturated rings. The normalized spacial score (nSPS) is 22.4. The summed E-state index contributed by atoms with van der Waals surface area (Å²) in [6.45, 7) is 4.81. The smallest absolute Gasteiger partial charge is 0.322 e. The van der Waals surface area contributed by atoms with Gasteiger partial charge in [0.05, 0.1) is 5.41 Å². The van der Waals surface area contributed by atoms with Crippen LogP contribution in [-0.2, 0) is 9.59 Å². The molecule has 0 aliphatic carbocycles. The summed E-state index contributed by atoms with van der Waals surface area (Å²) in [5, 5.41) is 4.92. The number of hydrogen-bond acceptors (Lipinski definition) is 4. The molecule has 7 heteroatoms. The van der Waals surface area contributed by atoms with Crippen LogP contribution in [-0.4, -0.2) is 47.9 Å². The summed E-state index contributed by atoms with van der Waals surface area (Å²) < 4.78 is 0. The number of likely N-dealkylation sites (tertiary alicyclic amines) is 1. The maximum Gasteiger partial charge on any atom is 0.322 e. The Hall–Kier alpha value is -1.63. The molecule has 0 aromatic rings. The van der Waals surface area contributed by atoms with Gasteiger partial charge in [-0.05, 0) is 26.7 Å². The quantitative estimate of drug-likeness (QED) is 0.569. The van der Waals surface area contributed by atoms with Crippen LogP contribution in [0.25, 0.3) is 0 Å². The van der Waals surface area contributed by atoms with Crippen LogP contribution in [0.4, 0.5) is 4.79 Å². The molecule has 2 rings (SSSR count). The Labute approximate surface area is 111 Å². The molecular weight excluding hydrogens is 248 g/mol. The molecule has 2 heterocycles. The van der Waals surface area contributed by atoms with Crippen molar-refractivity contribution in [1.29, 1.82) is 0 Å². The second-order valence-corrected chi connectivity index (χ2v) is 5.87. The van der Waals surface area contributed by atoms with Gasteiger partial charge in [-0.15, -0.1) is 0 Å². The van der Waals surface area contributed by atoms with Crippen LogP contribution >= 0.6 is 0 Å². The molecule has 0 atom stereocenters. The number of nitrogens with one attached hydrogen (secondary N) is 2. The van der Waals surface area contributed by atoms with Crippen molar-refractivity contribution in [2.75, 3.05) is 19.6 Å². The van der Waals surface area contributed by atoms with Crippen molar-refractivity contribution >= 4 is 17.8 Å². The first-order valence-electron chi connectivity index (χ1n) is 6.44. The topological polar surface area (TPSA) is 105 Å². The zero-order valence-electron chi connectivity index (χ0n) is 11.3. The molecule has 0 unspecified atom stereocenters. The lowest BCUT2D eigenvalue weighted by atomic mass is 9.85. The van der Waals surface area contributed by atoms with Gasteiger partial charge in [-0.1, -0.05) is 0 Å². The second kappa shape index (κ2) is 4.48. The number of piperidine rings is 1. The Morgan fingerprint density at radius 2 is 1.95 bits per heavy atom. The summed E-state index contributed by atoms with van der Waals surface area (Å²) in [6, 6.07) is -0.452. The molecule has 0 bridgehead atoms. The third-order valence-electron chi connectivity index (χ3n) is 4.01. The van der Waals surface area contributed by atoms with E-state index in [0.29, 0.717) is 25.9 Å². The van der Waals surface area contributed by atoms with Crippen LogP contribution in [0.5, 0.6) is 0 Å². The van der Waals surface area contributed by atoms with E-state index in [4.69, 9.17) is 5.73 Å². The van der Waals surface area contributed by atoms with Crippen LogP contribution in [0.15, 0.2) is 0 Å². The molecule has 0 aromatic carbocycles. The number of nitrogens with zero attached hydrogens (tertiary/aromatic N) is 1. The average Bonchev–Trinajstić information content (AvgIpc) is 2.64. The number of imide groups is 1. The van der Waals surface area contributed by atoms with Crippen LogP contribution in [0.3, 0.4) is 0 Å². The van der Waals surface area contributed by atoms with Gasteiger partial charge in [0.2, 0.25) is 5.91 Å². The molecule has 2 saturated heterocycles. The van der Waals surface area contributed by atoms with E-state index in [1.807, 2.05) is 13.8 Å². The summed E-state index contributed by atoms with van der Waals surface area (Å²) in [5.74, 6) is -0.294. The van der Waals surface area contributed by atoms with Gasteiger partial charge in [0.1, 0.15) is 5.54 Å². The summed E-state index contributed by atoms with van der Waals surface area (Å²) in [4.78, 5) is 37.0. The van der Waals surface area contributed by atoms with Crippen molar-refractivity contribution in [2.24, 2.45) is 11.1 Å². The third-order valence-corrected chi connectivity index (χ3v) is 4.01. The zero-order valence-corrected chi connectivity index (χ0v) is 11.3. The number of carbonyl (C=O) groups is 3. The van der Waals surface area contributed by atoms with E-state index in [0.717, 1.165) is 0 Å². The first-order valence-corrected chi connectivity index (χ1v) is 6.44. The highest BCUT2D eigenvalue weighted by Crippen LogP contribution is 2.28. The molecule has 2 aliphatic rings. The fourth-order valence-electron chi connectivity index (χ4n) is 2.49. The first kappa shape index (κ1) is 13.8. The maximum absolute atomic E-state index is 12.3. The molecule has 4 N–H and O–H groups in total. The Bertz CT molecular complexity index is 425. The van der Waals surface area contributed by atoms with Crippen molar-refractivity contribution in [3.05, 3.63) is 0 Å². The summed E-state index contributed by atoms with van der Waals surface area (Å²) >= 11 is 0. The maximum atomic E-state index is 12.3. The van der Waals surface area contributed by atoms with Crippen LogP contribution in [0.1, 0.15) is 26.7 Å². The zero-order chi connectivity index (χ0) is 14.3. The van der Waals surface area contributed by atoms with E-state index in [9.17, 15) is 14.4 Å². The lowest BCUT2D eigenvalue weighted by Gasteiger charge is -2.39. The predicted octanol–water partition coefficient (Wildman–Crippen LogP) is -0.828. The standard InChI is InChI=1S/C12H20N4O3/c1-11(2,7-13)9(18)16-5-3-12(4-6-16)8(17)14-10(19)15-12/h3-7,13H2,1-2H3,(H2,14,15,17,19). The Morgan fingerprint density at radius 1 is 1.37 bits per heavy atom. The van der Waals surface area contributed by atoms with E-state index in [2.05, 4.69) is 10.6 Å². The van der Waals surface area contributed by atoms with Gasteiger partial charge in [0.25, 0.3) is 5.91 Å². The fraction of sp³-hybridized carbons (Fsp3) is 0.750. The molecule has 0 radical (unpaired) electrons. The summed E-state index contributed by atoms with van der Waals surface area (Å²) in [6.07, 6.45) is 0.883. The number of amides is 4. The van der Waals surface area contributed by atoms with Gasteiger partial charge < -0.3 is 16.0 Å². The van der Waals surface area contributed by atoms with Gasteiger partial charge in [0, 0.05) is 19.6 Å². The molecule has 0 aromatic heterocycles. The van der Waals surface area contributed by atoms with Gasteiger partial charge in [-0.25, -0.2) is 4.79 Å². The second-order valence-electron chi connectivity index (χ2n) is 5.87. The molecule has 1 spiro atoms.